The Hall–Kier alpha value is -0.0800. The first-order valence-electron chi connectivity index (χ1n) is 8.58. The van der Waals surface area contributed by atoms with Gasteiger partial charge in [0.25, 0.3) is 0 Å². The van der Waals surface area contributed by atoms with Gasteiger partial charge in [0.15, 0.2) is 0 Å². The van der Waals surface area contributed by atoms with Crippen LogP contribution in [-0.4, -0.2) is 37.2 Å². The van der Waals surface area contributed by atoms with Crippen LogP contribution < -0.4 is 0 Å². The van der Waals surface area contributed by atoms with Gasteiger partial charge in [0.2, 0.25) is 0 Å². The molecule has 0 bridgehead atoms. The van der Waals surface area contributed by atoms with Crippen LogP contribution in [0.2, 0.25) is 0 Å². The van der Waals surface area contributed by atoms with E-state index in [0.717, 1.165) is 6.04 Å². The molecule has 1 unspecified atom stereocenters. The fourth-order valence-corrected chi connectivity index (χ4v) is 3.04. The number of nitrogens with zero attached hydrogens (tertiary/aromatic N) is 1. The summed E-state index contributed by atoms with van der Waals surface area (Å²) in [7, 11) is 1.85. The highest BCUT2D eigenvalue weighted by molar-refractivity contribution is 4.86. The first-order valence-corrected chi connectivity index (χ1v) is 8.58. The minimum atomic E-state index is 0.508. The maximum Gasteiger partial charge on any atom is 0.0825 e. The Bertz CT molecular complexity index is 201. The molecule has 1 fully saturated rings. The van der Waals surface area contributed by atoms with E-state index in [1.54, 1.807) is 0 Å². The summed E-state index contributed by atoms with van der Waals surface area (Å²) in [5.74, 6) is 0. The lowest BCUT2D eigenvalue weighted by Gasteiger charge is -2.44. The van der Waals surface area contributed by atoms with Gasteiger partial charge in [-0.3, -0.25) is 4.90 Å². The van der Waals surface area contributed by atoms with Gasteiger partial charge >= 0.3 is 0 Å². The normalized spacial score (nSPS) is 18.5. The molecule has 0 N–H and O–H groups in total. The average Bonchev–Trinajstić information content (AvgIpc) is 2.36. The highest BCUT2D eigenvalue weighted by atomic mass is 16.5. The lowest BCUT2D eigenvalue weighted by atomic mass is 9.96. The van der Waals surface area contributed by atoms with Gasteiger partial charge < -0.3 is 4.74 Å². The molecule has 2 heteroatoms. The van der Waals surface area contributed by atoms with E-state index in [1.807, 2.05) is 7.11 Å². The van der Waals surface area contributed by atoms with Crippen molar-refractivity contribution in [2.24, 2.45) is 0 Å². The number of ether oxygens (including phenoxy) is 1. The second kappa shape index (κ2) is 10.7. The summed E-state index contributed by atoms with van der Waals surface area (Å²) < 4.78 is 5.41. The topological polar surface area (TPSA) is 12.5 Å². The Labute approximate surface area is 120 Å². The highest BCUT2D eigenvalue weighted by Gasteiger charge is 2.31. The number of hydrogen-bond donors (Lipinski definition) is 0. The van der Waals surface area contributed by atoms with Crippen LogP contribution in [0.25, 0.3) is 0 Å². The first kappa shape index (κ1) is 17.0. The molecule has 0 aromatic carbocycles. The van der Waals surface area contributed by atoms with Gasteiger partial charge in [-0.2, -0.15) is 0 Å². The van der Waals surface area contributed by atoms with E-state index in [4.69, 9.17) is 4.74 Å². The predicted molar refractivity (Wildman–Crippen MR) is 83.7 cm³/mol. The van der Waals surface area contributed by atoms with Crippen molar-refractivity contribution in [3.63, 3.8) is 0 Å². The van der Waals surface area contributed by atoms with Crippen LogP contribution in [0.5, 0.6) is 0 Å². The molecular formula is C17H35NO. The van der Waals surface area contributed by atoms with E-state index < -0.39 is 0 Å². The number of methoxy groups -OCH3 is 1. The second-order valence-corrected chi connectivity index (χ2v) is 6.16. The van der Waals surface area contributed by atoms with Crippen LogP contribution in [0.15, 0.2) is 0 Å². The molecule has 0 radical (unpaired) electrons. The Kier molecular flexibility index (Phi) is 9.54. The smallest absolute Gasteiger partial charge is 0.0825 e. The first-order chi connectivity index (χ1) is 9.31. The number of hydrogen-bond acceptors (Lipinski definition) is 2. The maximum absolute atomic E-state index is 5.41. The minimum Gasteiger partial charge on any atom is -0.379 e. The molecule has 1 saturated heterocycles. The van der Waals surface area contributed by atoms with Crippen molar-refractivity contribution in [3.8, 4) is 0 Å². The van der Waals surface area contributed by atoms with Crippen molar-refractivity contribution >= 4 is 0 Å². The van der Waals surface area contributed by atoms with Crippen LogP contribution in [0.4, 0.5) is 0 Å². The number of rotatable bonds is 12. The third kappa shape index (κ3) is 6.76. The largest absolute Gasteiger partial charge is 0.379 e. The molecule has 2 nitrogen and oxygen atoms in total. The lowest BCUT2D eigenvalue weighted by Crippen LogP contribution is -2.56. The van der Waals surface area contributed by atoms with Crippen molar-refractivity contribution in [2.45, 2.75) is 90.2 Å². The van der Waals surface area contributed by atoms with Crippen molar-refractivity contribution in [3.05, 3.63) is 0 Å². The molecule has 0 aromatic rings. The summed E-state index contributed by atoms with van der Waals surface area (Å²) in [5, 5.41) is 0. The van der Waals surface area contributed by atoms with Gasteiger partial charge in [-0.1, -0.05) is 65.2 Å². The molecule has 0 aliphatic carbocycles. The molecule has 1 rings (SSSR count). The fourth-order valence-electron chi connectivity index (χ4n) is 3.04. The third-order valence-corrected chi connectivity index (χ3v) is 4.51. The molecule has 19 heavy (non-hydrogen) atoms. The quantitative estimate of drug-likeness (QED) is 0.479. The number of likely N-dealkylation sites (tertiary alicyclic amines) is 1. The lowest BCUT2D eigenvalue weighted by molar-refractivity contribution is -0.0544. The maximum atomic E-state index is 5.41. The molecule has 1 atom stereocenters. The summed E-state index contributed by atoms with van der Waals surface area (Å²) in [4.78, 5) is 2.66. The van der Waals surface area contributed by atoms with Gasteiger partial charge in [-0.25, -0.2) is 0 Å². The number of unbranched alkanes of at least 4 members (excludes halogenated alkanes) is 6. The molecular weight excluding hydrogens is 234 g/mol. The van der Waals surface area contributed by atoms with Crippen molar-refractivity contribution in [1.29, 1.82) is 0 Å². The van der Waals surface area contributed by atoms with E-state index in [1.165, 1.54) is 77.3 Å². The SMILES string of the molecule is CCCCCCCC(CCCCC)N1CC(OC)C1. The fraction of sp³-hybridized carbons (Fsp3) is 1.00. The molecule has 0 saturated carbocycles. The predicted octanol–water partition coefficient (Wildman–Crippen LogP) is 4.63. The standard InChI is InChI=1S/C17H35NO/c1-4-6-8-9-11-13-16(12-10-7-5-2)18-14-17(15-18)19-3/h16-17H,4-15H2,1-3H3. The molecule has 1 aliphatic rings. The van der Waals surface area contributed by atoms with Crippen LogP contribution >= 0.6 is 0 Å². The monoisotopic (exact) mass is 269 g/mol. The zero-order valence-corrected chi connectivity index (χ0v) is 13.5. The third-order valence-electron chi connectivity index (χ3n) is 4.51. The summed E-state index contributed by atoms with van der Waals surface area (Å²) in [6.45, 7) is 6.92. The van der Waals surface area contributed by atoms with E-state index in [0.29, 0.717) is 6.10 Å². The van der Waals surface area contributed by atoms with Gasteiger partial charge in [0.1, 0.15) is 0 Å². The van der Waals surface area contributed by atoms with Crippen molar-refractivity contribution in [2.75, 3.05) is 20.2 Å². The molecule has 1 aliphatic heterocycles. The summed E-state index contributed by atoms with van der Waals surface area (Å²) in [6.07, 6.45) is 14.5. The average molecular weight is 269 g/mol. The summed E-state index contributed by atoms with van der Waals surface area (Å²) in [5.41, 5.74) is 0. The van der Waals surface area contributed by atoms with E-state index in [-0.39, 0.29) is 0 Å². The van der Waals surface area contributed by atoms with E-state index in [9.17, 15) is 0 Å². The zero-order valence-electron chi connectivity index (χ0n) is 13.5. The minimum absolute atomic E-state index is 0.508. The van der Waals surface area contributed by atoms with E-state index in [2.05, 4.69) is 18.7 Å². The Morgan fingerprint density at radius 2 is 1.42 bits per heavy atom. The summed E-state index contributed by atoms with van der Waals surface area (Å²) >= 11 is 0. The highest BCUT2D eigenvalue weighted by Crippen LogP contribution is 2.23. The molecule has 0 amide bonds. The van der Waals surface area contributed by atoms with Gasteiger partial charge in [0.05, 0.1) is 6.10 Å². The molecule has 0 aromatic heterocycles. The second-order valence-electron chi connectivity index (χ2n) is 6.16. The Morgan fingerprint density at radius 1 is 0.895 bits per heavy atom. The molecule has 1 heterocycles. The molecule has 114 valence electrons. The Balaban J connectivity index is 2.17. The van der Waals surface area contributed by atoms with Gasteiger partial charge in [0, 0.05) is 26.2 Å². The van der Waals surface area contributed by atoms with Gasteiger partial charge in [-0.15, -0.1) is 0 Å². The van der Waals surface area contributed by atoms with Crippen LogP contribution in [-0.2, 0) is 4.74 Å². The van der Waals surface area contributed by atoms with Gasteiger partial charge in [-0.05, 0) is 12.8 Å². The van der Waals surface area contributed by atoms with Crippen molar-refractivity contribution < 1.29 is 4.74 Å². The van der Waals surface area contributed by atoms with Crippen LogP contribution in [0.1, 0.15) is 78.1 Å². The van der Waals surface area contributed by atoms with Crippen LogP contribution in [0.3, 0.4) is 0 Å². The molecule has 0 spiro atoms. The Morgan fingerprint density at radius 3 is 2.00 bits per heavy atom. The van der Waals surface area contributed by atoms with Crippen molar-refractivity contribution in [1.82, 2.24) is 4.90 Å². The zero-order chi connectivity index (χ0) is 13.9. The van der Waals surface area contributed by atoms with Crippen LogP contribution in [0, 0.1) is 0 Å². The van der Waals surface area contributed by atoms with E-state index >= 15 is 0 Å². The summed E-state index contributed by atoms with van der Waals surface area (Å²) in [6, 6.07) is 0.833.